The van der Waals surface area contributed by atoms with Gasteiger partial charge in [0.15, 0.2) is 0 Å². The molecule has 0 amide bonds. The van der Waals surface area contributed by atoms with E-state index in [0.29, 0.717) is 6.04 Å². The predicted octanol–water partition coefficient (Wildman–Crippen LogP) is 2.28. The van der Waals surface area contributed by atoms with Crippen LogP contribution in [0.25, 0.3) is 0 Å². The molecule has 0 aromatic heterocycles. The highest BCUT2D eigenvalue weighted by molar-refractivity contribution is 5.37. The summed E-state index contributed by atoms with van der Waals surface area (Å²) in [4.78, 5) is 0. The Labute approximate surface area is 80.2 Å². The molecule has 1 aliphatic heterocycles. The molecule has 70 valence electrons. The molecule has 0 bridgehead atoms. The molecular weight excluding hydrogens is 158 g/mol. The fourth-order valence-electron chi connectivity index (χ4n) is 2.11. The number of nitrogens with one attached hydrogen (secondary N) is 1. The maximum Gasteiger partial charge on any atom is 0.0210 e. The van der Waals surface area contributed by atoms with Crippen molar-refractivity contribution in [1.29, 1.82) is 0 Å². The molecule has 1 nitrogen and oxygen atoms in total. The van der Waals surface area contributed by atoms with Crippen molar-refractivity contribution in [3.63, 3.8) is 0 Å². The summed E-state index contributed by atoms with van der Waals surface area (Å²) >= 11 is 0. The molecule has 1 aromatic rings. The zero-order valence-electron chi connectivity index (χ0n) is 8.43. The highest BCUT2D eigenvalue weighted by atomic mass is 14.9. The molecule has 1 aliphatic rings. The lowest BCUT2D eigenvalue weighted by atomic mass is 9.91. The molecule has 0 saturated heterocycles. The second-order valence-electron chi connectivity index (χ2n) is 3.89. The van der Waals surface area contributed by atoms with Crippen molar-refractivity contribution in [2.75, 3.05) is 0 Å². The van der Waals surface area contributed by atoms with E-state index in [1.54, 1.807) is 5.56 Å². The summed E-state index contributed by atoms with van der Waals surface area (Å²) in [5.41, 5.74) is 4.62. The van der Waals surface area contributed by atoms with Gasteiger partial charge in [-0.2, -0.15) is 0 Å². The lowest BCUT2D eigenvalue weighted by Gasteiger charge is -2.25. The van der Waals surface area contributed by atoms with Crippen molar-refractivity contribution in [2.45, 2.75) is 39.3 Å². The van der Waals surface area contributed by atoms with Gasteiger partial charge < -0.3 is 5.32 Å². The Morgan fingerprint density at radius 2 is 2.31 bits per heavy atom. The smallest absolute Gasteiger partial charge is 0.0210 e. The Bertz CT molecular complexity index is 290. The third-order valence-corrected chi connectivity index (χ3v) is 2.90. The number of hydrogen-bond acceptors (Lipinski definition) is 1. The molecule has 1 heterocycles. The first kappa shape index (κ1) is 8.76. The van der Waals surface area contributed by atoms with Crippen molar-refractivity contribution in [3.8, 4) is 0 Å². The normalized spacial score (nSPS) is 21.2. The molecule has 1 aromatic carbocycles. The van der Waals surface area contributed by atoms with E-state index in [2.05, 4.69) is 37.4 Å². The Morgan fingerprint density at radius 1 is 1.46 bits per heavy atom. The first-order valence-corrected chi connectivity index (χ1v) is 5.14. The van der Waals surface area contributed by atoms with E-state index in [1.165, 1.54) is 17.5 Å². The van der Waals surface area contributed by atoms with E-state index in [1.807, 2.05) is 0 Å². The van der Waals surface area contributed by atoms with Crippen molar-refractivity contribution >= 4 is 0 Å². The summed E-state index contributed by atoms with van der Waals surface area (Å²) in [7, 11) is 0. The Morgan fingerprint density at radius 3 is 3.08 bits per heavy atom. The molecule has 2 rings (SSSR count). The Hall–Kier alpha value is -0.820. The molecule has 0 fully saturated rings. The van der Waals surface area contributed by atoms with Gasteiger partial charge in [0, 0.05) is 12.6 Å². The quantitative estimate of drug-likeness (QED) is 0.690. The van der Waals surface area contributed by atoms with Crippen LogP contribution in [0.1, 0.15) is 30.5 Å². The van der Waals surface area contributed by atoms with Gasteiger partial charge in [0.25, 0.3) is 0 Å². The minimum absolute atomic E-state index is 0.639. The molecule has 1 N–H and O–H groups in total. The van der Waals surface area contributed by atoms with Crippen molar-refractivity contribution in [3.05, 3.63) is 34.9 Å². The Kier molecular flexibility index (Phi) is 2.36. The second-order valence-corrected chi connectivity index (χ2v) is 3.89. The van der Waals surface area contributed by atoms with Crippen LogP contribution in [0.4, 0.5) is 0 Å². The monoisotopic (exact) mass is 175 g/mol. The fraction of sp³-hybridized carbons (Fsp3) is 0.500. The van der Waals surface area contributed by atoms with E-state index in [9.17, 15) is 0 Å². The summed E-state index contributed by atoms with van der Waals surface area (Å²) in [6, 6.07) is 7.32. The average Bonchev–Trinajstić information content (AvgIpc) is 2.17. The van der Waals surface area contributed by atoms with Gasteiger partial charge in [-0.1, -0.05) is 25.1 Å². The minimum atomic E-state index is 0.639. The molecule has 0 saturated carbocycles. The van der Waals surface area contributed by atoms with E-state index in [4.69, 9.17) is 0 Å². The maximum atomic E-state index is 3.49. The SMILES string of the molecule is CCc1cccc2c1CC(C)NC2. The topological polar surface area (TPSA) is 12.0 Å². The number of hydrogen-bond donors (Lipinski definition) is 1. The summed E-state index contributed by atoms with van der Waals surface area (Å²) in [5, 5.41) is 3.49. The largest absolute Gasteiger partial charge is 0.310 e. The van der Waals surface area contributed by atoms with Crippen LogP contribution in [0.2, 0.25) is 0 Å². The maximum absolute atomic E-state index is 3.49. The molecule has 0 spiro atoms. The number of aryl methyl sites for hydroxylation is 1. The highest BCUT2D eigenvalue weighted by Gasteiger charge is 2.15. The second kappa shape index (κ2) is 3.51. The van der Waals surface area contributed by atoms with Crippen LogP contribution in [0, 0.1) is 0 Å². The van der Waals surface area contributed by atoms with Gasteiger partial charge in [-0.15, -0.1) is 0 Å². The summed E-state index contributed by atoms with van der Waals surface area (Å²) in [6.07, 6.45) is 2.36. The summed E-state index contributed by atoms with van der Waals surface area (Å²) in [5.74, 6) is 0. The van der Waals surface area contributed by atoms with Crippen LogP contribution in [-0.4, -0.2) is 6.04 Å². The van der Waals surface area contributed by atoms with Crippen LogP contribution in [-0.2, 0) is 19.4 Å². The first-order chi connectivity index (χ1) is 6.31. The van der Waals surface area contributed by atoms with Crippen molar-refractivity contribution in [2.24, 2.45) is 0 Å². The number of benzene rings is 1. The average molecular weight is 175 g/mol. The molecule has 13 heavy (non-hydrogen) atoms. The van der Waals surface area contributed by atoms with Gasteiger partial charge in [0.05, 0.1) is 0 Å². The van der Waals surface area contributed by atoms with Crippen LogP contribution < -0.4 is 5.32 Å². The van der Waals surface area contributed by atoms with E-state index >= 15 is 0 Å². The molecule has 1 heteroatoms. The zero-order chi connectivity index (χ0) is 9.26. The van der Waals surface area contributed by atoms with Gasteiger partial charge in [-0.05, 0) is 36.5 Å². The Balaban J connectivity index is 2.41. The standard InChI is InChI=1S/C12H17N/c1-3-10-5-4-6-11-8-13-9(2)7-12(10)11/h4-6,9,13H,3,7-8H2,1-2H3. The third-order valence-electron chi connectivity index (χ3n) is 2.90. The van der Waals surface area contributed by atoms with Crippen LogP contribution >= 0.6 is 0 Å². The first-order valence-electron chi connectivity index (χ1n) is 5.14. The van der Waals surface area contributed by atoms with Gasteiger partial charge in [-0.3, -0.25) is 0 Å². The number of rotatable bonds is 1. The molecule has 1 unspecified atom stereocenters. The molecule has 1 atom stereocenters. The molecule has 0 radical (unpaired) electrons. The van der Waals surface area contributed by atoms with Crippen LogP contribution in [0.15, 0.2) is 18.2 Å². The van der Waals surface area contributed by atoms with Crippen LogP contribution in [0.3, 0.4) is 0 Å². The van der Waals surface area contributed by atoms with Gasteiger partial charge in [-0.25, -0.2) is 0 Å². The number of fused-ring (bicyclic) bond motifs is 1. The zero-order valence-corrected chi connectivity index (χ0v) is 8.43. The highest BCUT2D eigenvalue weighted by Crippen LogP contribution is 2.21. The van der Waals surface area contributed by atoms with Gasteiger partial charge >= 0.3 is 0 Å². The lowest BCUT2D eigenvalue weighted by molar-refractivity contribution is 0.511. The van der Waals surface area contributed by atoms with E-state index in [-0.39, 0.29) is 0 Å². The van der Waals surface area contributed by atoms with Crippen molar-refractivity contribution in [1.82, 2.24) is 5.32 Å². The summed E-state index contributed by atoms with van der Waals surface area (Å²) < 4.78 is 0. The summed E-state index contributed by atoms with van der Waals surface area (Å²) in [6.45, 7) is 5.54. The van der Waals surface area contributed by atoms with E-state index in [0.717, 1.165) is 13.0 Å². The molecular formula is C12H17N. The minimum Gasteiger partial charge on any atom is -0.310 e. The van der Waals surface area contributed by atoms with Crippen molar-refractivity contribution < 1.29 is 0 Å². The van der Waals surface area contributed by atoms with Gasteiger partial charge in [0.1, 0.15) is 0 Å². The van der Waals surface area contributed by atoms with E-state index < -0.39 is 0 Å². The predicted molar refractivity (Wildman–Crippen MR) is 55.8 cm³/mol. The van der Waals surface area contributed by atoms with Gasteiger partial charge in [0.2, 0.25) is 0 Å². The van der Waals surface area contributed by atoms with Crippen LogP contribution in [0.5, 0.6) is 0 Å². The third kappa shape index (κ3) is 1.61. The molecule has 0 aliphatic carbocycles. The lowest BCUT2D eigenvalue weighted by Crippen LogP contribution is -2.33. The fourth-order valence-corrected chi connectivity index (χ4v) is 2.11.